The van der Waals surface area contributed by atoms with E-state index in [2.05, 4.69) is 38.1 Å². The van der Waals surface area contributed by atoms with Crippen molar-refractivity contribution in [3.8, 4) is 0 Å². The highest BCUT2D eigenvalue weighted by molar-refractivity contribution is 14.0. The molecule has 3 aromatic rings. The molecule has 2 aromatic heterocycles. The zero-order valence-electron chi connectivity index (χ0n) is 13.3. The van der Waals surface area contributed by atoms with Crippen LogP contribution in [0, 0.1) is 0 Å². The molecular formula is C17H20ClIN4S. The molecule has 0 fully saturated rings. The van der Waals surface area contributed by atoms with Gasteiger partial charge in [0.25, 0.3) is 0 Å². The highest BCUT2D eigenvalue weighted by Crippen LogP contribution is 2.22. The average Bonchev–Trinajstić information content (AvgIpc) is 3.20. The van der Waals surface area contributed by atoms with Crippen LogP contribution >= 0.6 is 46.9 Å². The van der Waals surface area contributed by atoms with Gasteiger partial charge in [-0.25, -0.2) is 0 Å². The SMILES string of the molecule is CN=C(NCCc1c[nH]c2ccc(Cl)cc12)NCc1cccs1.I. The van der Waals surface area contributed by atoms with Crippen molar-refractivity contribution >= 4 is 63.8 Å². The Balaban J connectivity index is 0.00000208. The van der Waals surface area contributed by atoms with Crippen molar-refractivity contribution in [2.75, 3.05) is 13.6 Å². The van der Waals surface area contributed by atoms with E-state index in [1.54, 1.807) is 18.4 Å². The molecule has 128 valence electrons. The third-order valence-electron chi connectivity index (χ3n) is 3.65. The Morgan fingerprint density at radius 2 is 2.17 bits per heavy atom. The maximum atomic E-state index is 6.09. The Morgan fingerprint density at radius 1 is 1.29 bits per heavy atom. The Kier molecular flexibility index (Phi) is 7.39. The number of nitrogens with one attached hydrogen (secondary N) is 3. The first-order valence-electron chi connectivity index (χ1n) is 7.48. The van der Waals surface area contributed by atoms with Gasteiger partial charge in [0.2, 0.25) is 0 Å². The van der Waals surface area contributed by atoms with E-state index in [4.69, 9.17) is 11.6 Å². The van der Waals surface area contributed by atoms with Gasteiger partial charge in [-0.15, -0.1) is 35.3 Å². The van der Waals surface area contributed by atoms with Gasteiger partial charge in [0.05, 0.1) is 6.54 Å². The van der Waals surface area contributed by atoms with Gasteiger partial charge in [0, 0.05) is 40.6 Å². The average molecular weight is 475 g/mol. The summed E-state index contributed by atoms with van der Waals surface area (Å²) in [5, 5.41) is 10.7. The smallest absolute Gasteiger partial charge is 0.191 e. The van der Waals surface area contributed by atoms with Crippen LogP contribution in [-0.4, -0.2) is 24.5 Å². The summed E-state index contributed by atoms with van der Waals surface area (Å²) < 4.78 is 0. The molecule has 4 nitrogen and oxygen atoms in total. The number of hydrogen-bond donors (Lipinski definition) is 3. The second-order valence-electron chi connectivity index (χ2n) is 5.19. The zero-order chi connectivity index (χ0) is 16.1. The summed E-state index contributed by atoms with van der Waals surface area (Å²) >= 11 is 7.83. The fourth-order valence-corrected chi connectivity index (χ4v) is 3.29. The highest BCUT2D eigenvalue weighted by Gasteiger charge is 2.05. The molecule has 0 aliphatic heterocycles. The van der Waals surface area contributed by atoms with E-state index in [9.17, 15) is 0 Å². The lowest BCUT2D eigenvalue weighted by Crippen LogP contribution is -2.37. The van der Waals surface area contributed by atoms with E-state index < -0.39 is 0 Å². The van der Waals surface area contributed by atoms with Crippen molar-refractivity contribution < 1.29 is 0 Å². The molecule has 0 unspecified atom stereocenters. The molecule has 0 aliphatic carbocycles. The first-order chi connectivity index (χ1) is 11.3. The van der Waals surface area contributed by atoms with Crippen molar-refractivity contribution in [1.29, 1.82) is 0 Å². The molecule has 0 saturated heterocycles. The van der Waals surface area contributed by atoms with Crippen molar-refractivity contribution in [3.05, 3.63) is 57.4 Å². The molecule has 24 heavy (non-hydrogen) atoms. The van der Waals surface area contributed by atoms with E-state index >= 15 is 0 Å². The molecule has 3 rings (SSSR count). The van der Waals surface area contributed by atoms with Crippen LogP contribution < -0.4 is 10.6 Å². The molecule has 0 aliphatic rings. The van der Waals surface area contributed by atoms with Crippen molar-refractivity contribution in [2.24, 2.45) is 4.99 Å². The Labute approximate surface area is 167 Å². The number of halogens is 2. The molecule has 0 bridgehead atoms. The third kappa shape index (κ3) is 4.87. The summed E-state index contributed by atoms with van der Waals surface area (Å²) in [7, 11) is 1.79. The standard InChI is InChI=1S/C17H19ClN4S.HI/c1-19-17(22-11-14-3-2-8-23-14)20-7-6-12-10-21-16-5-4-13(18)9-15(12)16;/h2-5,8-10,21H,6-7,11H2,1H3,(H2,19,20,22);1H. The van der Waals surface area contributed by atoms with Crippen LogP contribution in [0.2, 0.25) is 5.02 Å². The van der Waals surface area contributed by atoms with E-state index in [1.807, 2.05) is 24.4 Å². The van der Waals surface area contributed by atoms with Crippen LogP contribution in [0.5, 0.6) is 0 Å². The van der Waals surface area contributed by atoms with Gasteiger partial charge in [0.15, 0.2) is 5.96 Å². The fourth-order valence-electron chi connectivity index (χ4n) is 2.48. The first-order valence-corrected chi connectivity index (χ1v) is 8.74. The van der Waals surface area contributed by atoms with Gasteiger partial charge in [-0.3, -0.25) is 4.99 Å². The molecule has 0 amide bonds. The lowest BCUT2D eigenvalue weighted by Gasteiger charge is -2.11. The number of nitrogens with zero attached hydrogens (tertiary/aromatic N) is 1. The summed E-state index contributed by atoms with van der Waals surface area (Å²) in [5.41, 5.74) is 2.37. The summed E-state index contributed by atoms with van der Waals surface area (Å²) in [6.07, 6.45) is 2.95. The second-order valence-corrected chi connectivity index (χ2v) is 6.65. The molecule has 0 spiro atoms. The number of thiophene rings is 1. The quantitative estimate of drug-likeness (QED) is 0.291. The van der Waals surface area contributed by atoms with Gasteiger partial charge < -0.3 is 15.6 Å². The lowest BCUT2D eigenvalue weighted by atomic mass is 10.1. The predicted molar refractivity (Wildman–Crippen MR) is 115 cm³/mol. The number of aromatic amines is 1. The molecular weight excluding hydrogens is 455 g/mol. The molecule has 0 saturated carbocycles. The van der Waals surface area contributed by atoms with Gasteiger partial charge in [0.1, 0.15) is 0 Å². The molecule has 3 N–H and O–H groups in total. The number of guanidine groups is 1. The second kappa shape index (κ2) is 9.29. The van der Waals surface area contributed by atoms with Crippen LogP contribution in [0.1, 0.15) is 10.4 Å². The molecule has 7 heteroatoms. The molecule has 1 aromatic carbocycles. The number of rotatable bonds is 5. The Bertz CT molecular complexity index is 798. The predicted octanol–water partition coefficient (Wildman–Crippen LogP) is 4.41. The monoisotopic (exact) mass is 474 g/mol. The number of aromatic nitrogens is 1. The van der Waals surface area contributed by atoms with Gasteiger partial charge in [-0.2, -0.15) is 0 Å². The van der Waals surface area contributed by atoms with E-state index in [0.717, 1.165) is 36.0 Å². The van der Waals surface area contributed by atoms with Crippen LogP contribution in [0.3, 0.4) is 0 Å². The minimum atomic E-state index is 0. The lowest BCUT2D eigenvalue weighted by molar-refractivity contribution is 0.801. The van der Waals surface area contributed by atoms with E-state index in [1.165, 1.54) is 15.8 Å². The van der Waals surface area contributed by atoms with Crippen molar-refractivity contribution in [2.45, 2.75) is 13.0 Å². The van der Waals surface area contributed by atoms with Gasteiger partial charge in [-0.05, 0) is 41.6 Å². The van der Waals surface area contributed by atoms with Gasteiger partial charge >= 0.3 is 0 Å². The normalized spacial score (nSPS) is 11.3. The number of benzene rings is 1. The maximum absolute atomic E-state index is 6.09. The summed E-state index contributed by atoms with van der Waals surface area (Å²) in [4.78, 5) is 8.82. The van der Waals surface area contributed by atoms with Crippen molar-refractivity contribution in [1.82, 2.24) is 15.6 Å². The number of hydrogen-bond acceptors (Lipinski definition) is 2. The molecule has 0 atom stereocenters. The fraction of sp³-hybridized carbons (Fsp3) is 0.235. The third-order valence-corrected chi connectivity index (χ3v) is 4.76. The Morgan fingerprint density at radius 3 is 2.92 bits per heavy atom. The molecule has 0 radical (unpaired) electrons. The van der Waals surface area contributed by atoms with Crippen LogP contribution in [0.25, 0.3) is 10.9 Å². The number of H-pyrrole nitrogens is 1. The first kappa shape index (κ1) is 19.1. The summed E-state index contributed by atoms with van der Waals surface area (Å²) in [5.74, 6) is 0.816. The number of fused-ring (bicyclic) bond motifs is 1. The van der Waals surface area contributed by atoms with E-state index in [-0.39, 0.29) is 24.0 Å². The van der Waals surface area contributed by atoms with E-state index in [0.29, 0.717) is 0 Å². The van der Waals surface area contributed by atoms with Crippen LogP contribution in [-0.2, 0) is 13.0 Å². The highest BCUT2D eigenvalue weighted by atomic mass is 127. The largest absolute Gasteiger partial charge is 0.361 e. The Hall–Kier alpha value is -1.25. The maximum Gasteiger partial charge on any atom is 0.191 e. The molecule has 2 heterocycles. The number of aliphatic imine (C=N–C) groups is 1. The zero-order valence-corrected chi connectivity index (χ0v) is 17.2. The summed E-state index contributed by atoms with van der Waals surface area (Å²) in [6, 6.07) is 10.1. The minimum absolute atomic E-state index is 0. The minimum Gasteiger partial charge on any atom is -0.361 e. The topological polar surface area (TPSA) is 52.2 Å². The van der Waals surface area contributed by atoms with Crippen LogP contribution in [0.15, 0.2) is 46.9 Å². The summed E-state index contributed by atoms with van der Waals surface area (Å²) in [6.45, 7) is 1.60. The van der Waals surface area contributed by atoms with Gasteiger partial charge in [-0.1, -0.05) is 17.7 Å². The van der Waals surface area contributed by atoms with Crippen molar-refractivity contribution in [3.63, 3.8) is 0 Å². The van der Waals surface area contributed by atoms with Crippen LogP contribution in [0.4, 0.5) is 0 Å².